The highest BCUT2D eigenvalue weighted by atomic mass is 16.3. The van der Waals surface area contributed by atoms with Crippen LogP contribution < -0.4 is 5.32 Å². The molecule has 0 radical (unpaired) electrons. The van der Waals surface area contributed by atoms with Crippen molar-refractivity contribution in [3.8, 4) is 5.75 Å². The first-order valence-electron chi connectivity index (χ1n) is 6.04. The average molecular weight is 246 g/mol. The highest BCUT2D eigenvalue weighted by Crippen LogP contribution is 2.09. The van der Waals surface area contributed by atoms with Crippen molar-refractivity contribution in [3.05, 3.63) is 42.0 Å². The Morgan fingerprint density at radius 2 is 1.94 bits per heavy atom. The first-order valence-corrected chi connectivity index (χ1v) is 6.04. The number of aromatic hydroxyl groups is 1. The third-order valence-electron chi connectivity index (χ3n) is 2.68. The van der Waals surface area contributed by atoms with Crippen LogP contribution >= 0.6 is 0 Å². The maximum Gasteiger partial charge on any atom is 0.141 e. The number of hydrogen-bond donors (Lipinski definition) is 2. The van der Waals surface area contributed by atoms with E-state index in [9.17, 15) is 5.11 Å². The van der Waals surface area contributed by atoms with Crippen LogP contribution in [0.15, 0.2) is 30.6 Å². The van der Waals surface area contributed by atoms with Gasteiger partial charge in [-0.25, -0.2) is 9.67 Å². The molecule has 0 aliphatic rings. The van der Waals surface area contributed by atoms with E-state index in [4.69, 9.17) is 0 Å². The predicted molar refractivity (Wildman–Crippen MR) is 69.1 cm³/mol. The summed E-state index contributed by atoms with van der Waals surface area (Å²) in [6.45, 7) is 5.58. The van der Waals surface area contributed by atoms with Gasteiger partial charge >= 0.3 is 0 Å². The van der Waals surface area contributed by atoms with E-state index in [1.165, 1.54) is 0 Å². The largest absolute Gasteiger partial charge is 0.508 e. The highest BCUT2D eigenvalue weighted by Gasteiger charge is 2.06. The Hall–Kier alpha value is -1.88. The second-order valence-corrected chi connectivity index (χ2v) is 4.48. The number of phenols is 1. The molecule has 0 aliphatic carbocycles. The summed E-state index contributed by atoms with van der Waals surface area (Å²) in [6, 6.07) is 7.49. The second-order valence-electron chi connectivity index (χ2n) is 4.48. The van der Waals surface area contributed by atoms with Crippen molar-refractivity contribution in [2.24, 2.45) is 0 Å². The standard InChI is InChI=1S/C13H18N4O/c1-10(2)17-13(15-9-16-17)8-14-7-11-3-5-12(18)6-4-11/h3-6,9-10,14,18H,7-8H2,1-2H3. The van der Waals surface area contributed by atoms with Gasteiger partial charge in [-0.3, -0.25) is 0 Å². The molecule has 0 fully saturated rings. The Kier molecular flexibility index (Phi) is 3.94. The van der Waals surface area contributed by atoms with Crippen LogP contribution in [0.25, 0.3) is 0 Å². The molecular formula is C13H18N4O. The Morgan fingerprint density at radius 3 is 2.61 bits per heavy atom. The fourth-order valence-corrected chi connectivity index (χ4v) is 1.76. The van der Waals surface area contributed by atoms with Gasteiger partial charge in [0.25, 0.3) is 0 Å². The van der Waals surface area contributed by atoms with Crippen LogP contribution in [0.5, 0.6) is 5.75 Å². The van der Waals surface area contributed by atoms with E-state index >= 15 is 0 Å². The van der Waals surface area contributed by atoms with E-state index in [0.29, 0.717) is 18.3 Å². The zero-order valence-corrected chi connectivity index (χ0v) is 10.7. The van der Waals surface area contributed by atoms with E-state index in [0.717, 1.165) is 17.9 Å². The van der Waals surface area contributed by atoms with Gasteiger partial charge in [0.05, 0.1) is 6.54 Å². The van der Waals surface area contributed by atoms with Crippen LogP contribution in [0.1, 0.15) is 31.3 Å². The molecule has 96 valence electrons. The van der Waals surface area contributed by atoms with Crippen molar-refractivity contribution in [1.82, 2.24) is 20.1 Å². The molecule has 0 spiro atoms. The molecule has 2 aromatic rings. The summed E-state index contributed by atoms with van der Waals surface area (Å²) in [6.07, 6.45) is 1.58. The number of benzene rings is 1. The molecule has 0 bridgehead atoms. The van der Waals surface area contributed by atoms with Gasteiger partial charge in [0, 0.05) is 12.6 Å². The molecule has 5 heteroatoms. The summed E-state index contributed by atoms with van der Waals surface area (Å²) in [4.78, 5) is 4.23. The minimum Gasteiger partial charge on any atom is -0.508 e. The normalized spacial score (nSPS) is 11.1. The molecule has 1 aromatic heterocycles. The summed E-state index contributed by atoms with van der Waals surface area (Å²) < 4.78 is 1.91. The molecule has 18 heavy (non-hydrogen) atoms. The van der Waals surface area contributed by atoms with E-state index in [1.807, 2.05) is 16.8 Å². The zero-order valence-electron chi connectivity index (χ0n) is 10.7. The molecule has 1 heterocycles. The van der Waals surface area contributed by atoms with Crippen LogP contribution in [0.4, 0.5) is 0 Å². The summed E-state index contributed by atoms with van der Waals surface area (Å²) in [5.74, 6) is 1.22. The SMILES string of the molecule is CC(C)n1ncnc1CNCc1ccc(O)cc1. The van der Waals surface area contributed by atoms with Crippen molar-refractivity contribution in [3.63, 3.8) is 0 Å². The molecule has 2 rings (SSSR count). The van der Waals surface area contributed by atoms with E-state index in [-0.39, 0.29) is 0 Å². The van der Waals surface area contributed by atoms with Gasteiger partial charge in [-0.05, 0) is 31.5 Å². The lowest BCUT2D eigenvalue weighted by Gasteiger charge is -2.10. The number of rotatable bonds is 5. The van der Waals surface area contributed by atoms with Crippen LogP contribution in [0.2, 0.25) is 0 Å². The summed E-state index contributed by atoms with van der Waals surface area (Å²) >= 11 is 0. The van der Waals surface area contributed by atoms with E-state index in [2.05, 4.69) is 29.2 Å². The number of hydrogen-bond acceptors (Lipinski definition) is 4. The van der Waals surface area contributed by atoms with Gasteiger partial charge < -0.3 is 10.4 Å². The summed E-state index contributed by atoms with van der Waals surface area (Å²) in [5.41, 5.74) is 1.13. The predicted octanol–water partition coefficient (Wildman–Crippen LogP) is 1.85. The lowest BCUT2D eigenvalue weighted by Crippen LogP contribution is -2.18. The van der Waals surface area contributed by atoms with Gasteiger partial charge in [-0.15, -0.1) is 0 Å². The van der Waals surface area contributed by atoms with Crippen molar-refractivity contribution in [1.29, 1.82) is 0 Å². The Bertz CT molecular complexity index is 490. The smallest absolute Gasteiger partial charge is 0.141 e. The fourth-order valence-electron chi connectivity index (χ4n) is 1.76. The number of aromatic nitrogens is 3. The summed E-state index contributed by atoms with van der Waals surface area (Å²) in [7, 11) is 0. The number of nitrogens with one attached hydrogen (secondary N) is 1. The summed E-state index contributed by atoms with van der Waals surface area (Å²) in [5, 5.41) is 16.7. The van der Waals surface area contributed by atoms with E-state index in [1.54, 1.807) is 18.5 Å². The lowest BCUT2D eigenvalue weighted by molar-refractivity contribution is 0.474. The third kappa shape index (κ3) is 3.07. The Labute approximate surface area is 106 Å². The number of phenolic OH excluding ortho intramolecular Hbond substituents is 1. The molecule has 5 nitrogen and oxygen atoms in total. The molecule has 0 saturated heterocycles. The van der Waals surface area contributed by atoms with Crippen molar-refractivity contribution in [2.45, 2.75) is 33.0 Å². The van der Waals surface area contributed by atoms with Crippen LogP contribution in [0.3, 0.4) is 0 Å². The van der Waals surface area contributed by atoms with Gasteiger partial charge in [0.2, 0.25) is 0 Å². The van der Waals surface area contributed by atoms with Crippen molar-refractivity contribution in [2.75, 3.05) is 0 Å². The first kappa shape index (κ1) is 12.6. The molecule has 0 unspecified atom stereocenters. The molecule has 1 aromatic carbocycles. The molecular weight excluding hydrogens is 228 g/mol. The molecule has 2 N–H and O–H groups in total. The first-order chi connectivity index (χ1) is 8.66. The number of nitrogens with zero attached hydrogens (tertiary/aromatic N) is 3. The molecule has 0 amide bonds. The lowest BCUT2D eigenvalue weighted by atomic mass is 10.2. The van der Waals surface area contributed by atoms with Gasteiger partial charge in [0.15, 0.2) is 0 Å². The Balaban J connectivity index is 1.88. The van der Waals surface area contributed by atoms with Gasteiger partial charge in [0.1, 0.15) is 17.9 Å². The monoisotopic (exact) mass is 246 g/mol. The van der Waals surface area contributed by atoms with Crippen LogP contribution in [0, 0.1) is 0 Å². The quantitative estimate of drug-likeness (QED) is 0.845. The van der Waals surface area contributed by atoms with Gasteiger partial charge in [-0.2, -0.15) is 5.10 Å². The zero-order chi connectivity index (χ0) is 13.0. The average Bonchev–Trinajstić information content (AvgIpc) is 2.80. The maximum absolute atomic E-state index is 9.19. The molecule has 0 atom stereocenters. The molecule has 0 aliphatic heterocycles. The van der Waals surface area contributed by atoms with Crippen molar-refractivity contribution >= 4 is 0 Å². The van der Waals surface area contributed by atoms with Crippen LogP contribution in [-0.4, -0.2) is 19.9 Å². The van der Waals surface area contributed by atoms with Crippen molar-refractivity contribution < 1.29 is 5.11 Å². The topological polar surface area (TPSA) is 63.0 Å². The minimum absolute atomic E-state index is 0.290. The van der Waals surface area contributed by atoms with Crippen LogP contribution in [-0.2, 0) is 13.1 Å². The fraction of sp³-hybridized carbons (Fsp3) is 0.385. The highest BCUT2D eigenvalue weighted by molar-refractivity contribution is 5.25. The second kappa shape index (κ2) is 5.64. The van der Waals surface area contributed by atoms with Gasteiger partial charge in [-0.1, -0.05) is 12.1 Å². The third-order valence-corrected chi connectivity index (χ3v) is 2.68. The Morgan fingerprint density at radius 1 is 1.22 bits per heavy atom. The van der Waals surface area contributed by atoms with E-state index < -0.39 is 0 Å². The maximum atomic E-state index is 9.19. The minimum atomic E-state index is 0.290. The molecule has 0 saturated carbocycles.